The Balaban J connectivity index is 1.87. The molecule has 1 heterocycles. The van der Waals surface area contributed by atoms with Crippen molar-refractivity contribution in [3.8, 4) is 5.75 Å². The number of amides is 2. The van der Waals surface area contributed by atoms with Gasteiger partial charge in [-0.25, -0.2) is 17.5 Å². The van der Waals surface area contributed by atoms with Crippen LogP contribution >= 0.6 is 0 Å². The van der Waals surface area contributed by atoms with Crippen LogP contribution in [0.4, 0.5) is 10.1 Å². The molecule has 0 aliphatic carbocycles. The van der Waals surface area contributed by atoms with Gasteiger partial charge in [-0.3, -0.25) is 9.59 Å². The van der Waals surface area contributed by atoms with E-state index in [1.807, 2.05) is 7.05 Å². The molecule has 0 aromatic heterocycles. The summed E-state index contributed by atoms with van der Waals surface area (Å²) in [6.45, 7) is 4.44. The van der Waals surface area contributed by atoms with Crippen molar-refractivity contribution in [1.82, 2.24) is 14.5 Å². The predicted octanol–water partition coefficient (Wildman–Crippen LogP) is 1.77. The van der Waals surface area contributed by atoms with E-state index in [1.165, 1.54) is 13.2 Å². The zero-order valence-corrected chi connectivity index (χ0v) is 19.5. The van der Waals surface area contributed by atoms with Crippen molar-refractivity contribution in [2.45, 2.75) is 11.8 Å². The first-order valence-corrected chi connectivity index (χ1v) is 11.9. The summed E-state index contributed by atoms with van der Waals surface area (Å²) in [4.78, 5) is 29.4. The summed E-state index contributed by atoms with van der Waals surface area (Å²) < 4.78 is 46.4. The maximum Gasteiger partial charge on any atom is 0.258 e. The summed E-state index contributed by atoms with van der Waals surface area (Å²) in [6, 6.07) is 7.58. The van der Waals surface area contributed by atoms with E-state index >= 15 is 0 Å². The van der Waals surface area contributed by atoms with Crippen molar-refractivity contribution in [3.05, 3.63) is 53.3 Å². The number of halogens is 1. The highest BCUT2D eigenvalue weighted by molar-refractivity contribution is 7.89. The minimum Gasteiger partial charge on any atom is -0.495 e. The topological polar surface area (TPSA) is 108 Å². The molecular formula is C22H27FN4O5S. The van der Waals surface area contributed by atoms with E-state index in [4.69, 9.17) is 4.74 Å². The molecule has 1 fully saturated rings. The van der Waals surface area contributed by atoms with Crippen LogP contribution in [0, 0.1) is 5.82 Å². The largest absolute Gasteiger partial charge is 0.495 e. The Morgan fingerprint density at radius 2 is 1.79 bits per heavy atom. The maximum atomic E-state index is 14.4. The first kappa shape index (κ1) is 24.6. The van der Waals surface area contributed by atoms with Crippen LogP contribution in [0.3, 0.4) is 0 Å². The quantitative estimate of drug-likeness (QED) is 0.628. The lowest BCUT2D eigenvalue weighted by atomic mass is 10.1. The highest BCUT2D eigenvalue weighted by Crippen LogP contribution is 2.27. The summed E-state index contributed by atoms with van der Waals surface area (Å²) in [5.74, 6) is -1.67. The van der Waals surface area contributed by atoms with Crippen LogP contribution in [0.25, 0.3) is 0 Å². The van der Waals surface area contributed by atoms with Crippen molar-refractivity contribution in [1.29, 1.82) is 0 Å². The molecule has 2 aromatic carbocycles. The number of nitrogens with one attached hydrogen (secondary N) is 2. The van der Waals surface area contributed by atoms with Gasteiger partial charge in [0.2, 0.25) is 10.0 Å². The van der Waals surface area contributed by atoms with Gasteiger partial charge in [0.05, 0.1) is 23.3 Å². The number of piperazine rings is 1. The first-order chi connectivity index (χ1) is 15.7. The third-order valence-corrected chi connectivity index (χ3v) is 6.86. The Hall–Kier alpha value is -3.02. The Bertz CT molecular complexity index is 1150. The van der Waals surface area contributed by atoms with Gasteiger partial charge in [-0.1, -0.05) is 6.92 Å². The lowest BCUT2D eigenvalue weighted by Gasteiger charge is -2.32. The molecule has 0 radical (unpaired) electrons. The van der Waals surface area contributed by atoms with Crippen LogP contribution in [0.15, 0.2) is 41.3 Å². The summed E-state index contributed by atoms with van der Waals surface area (Å²) in [5, 5.41) is 2.54. The van der Waals surface area contributed by atoms with Crippen molar-refractivity contribution in [2.24, 2.45) is 0 Å². The molecule has 178 valence electrons. The predicted molar refractivity (Wildman–Crippen MR) is 122 cm³/mol. The number of rotatable bonds is 7. The van der Waals surface area contributed by atoms with Gasteiger partial charge < -0.3 is 19.9 Å². The smallest absolute Gasteiger partial charge is 0.258 e. The molecule has 2 aromatic rings. The van der Waals surface area contributed by atoms with Gasteiger partial charge in [-0.2, -0.15) is 0 Å². The first-order valence-electron chi connectivity index (χ1n) is 10.4. The van der Waals surface area contributed by atoms with Crippen LogP contribution in [0.1, 0.15) is 27.6 Å². The zero-order valence-electron chi connectivity index (χ0n) is 18.7. The van der Waals surface area contributed by atoms with Gasteiger partial charge in [0.15, 0.2) is 0 Å². The van der Waals surface area contributed by atoms with Gasteiger partial charge in [-0.15, -0.1) is 0 Å². The van der Waals surface area contributed by atoms with E-state index in [0.29, 0.717) is 18.7 Å². The van der Waals surface area contributed by atoms with Crippen LogP contribution in [-0.4, -0.2) is 76.9 Å². The van der Waals surface area contributed by atoms with Crippen molar-refractivity contribution >= 4 is 27.5 Å². The van der Waals surface area contributed by atoms with Crippen LogP contribution in [-0.2, 0) is 10.0 Å². The fraction of sp³-hybridized carbons (Fsp3) is 0.364. The second-order valence-corrected chi connectivity index (χ2v) is 9.37. The number of carbonyl (C=O) groups excluding carboxylic acids is 2. The van der Waals surface area contributed by atoms with E-state index in [1.54, 1.807) is 24.0 Å². The number of methoxy groups -OCH3 is 1. The molecule has 0 unspecified atom stereocenters. The van der Waals surface area contributed by atoms with Crippen LogP contribution in [0.2, 0.25) is 0 Å². The van der Waals surface area contributed by atoms with E-state index in [9.17, 15) is 22.4 Å². The van der Waals surface area contributed by atoms with Crippen LogP contribution < -0.4 is 14.8 Å². The average molecular weight is 479 g/mol. The summed E-state index contributed by atoms with van der Waals surface area (Å²) in [7, 11) is -0.492. The Labute approximate surface area is 192 Å². The molecule has 9 nitrogen and oxygen atoms in total. The summed E-state index contributed by atoms with van der Waals surface area (Å²) in [6.07, 6.45) is 0. The highest BCUT2D eigenvalue weighted by atomic mass is 32.2. The van der Waals surface area contributed by atoms with Crippen molar-refractivity contribution in [2.75, 3.05) is 52.2 Å². The second-order valence-electron chi connectivity index (χ2n) is 7.61. The van der Waals surface area contributed by atoms with Gasteiger partial charge in [0.1, 0.15) is 11.6 Å². The Morgan fingerprint density at radius 3 is 2.42 bits per heavy atom. The fourth-order valence-corrected chi connectivity index (χ4v) is 4.51. The lowest BCUT2D eigenvalue weighted by molar-refractivity contribution is 0.0664. The summed E-state index contributed by atoms with van der Waals surface area (Å²) >= 11 is 0. The van der Waals surface area contributed by atoms with Crippen molar-refractivity contribution in [3.63, 3.8) is 0 Å². The zero-order chi connectivity index (χ0) is 24.2. The van der Waals surface area contributed by atoms with Gasteiger partial charge in [-0.05, 0) is 43.4 Å². The molecule has 0 spiro atoms. The van der Waals surface area contributed by atoms with E-state index < -0.39 is 27.3 Å². The number of benzene rings is 2. The number of hydrogen-bond acceptors (Lipinski definition) is 6. The Morgan fingerprint density at radius 1 is 1.09 bits per heavy atom. The SMILES string of the molecule is CCNS(=O)(=O)c1ccc(F)c(C(=O)Nc2cc(C(=O)N3CCN(C)CC3)ccc2OC)c1. The number of sulfonamides is 1. The Kier molecular flexibility index (Phi) is 7.67. The summed E-state index contributed by atoms with van der Waals surface area (Å²) in [5.41, 5.74) is 0.0632. The number of carbonyl (C=O) groups is 2. The monoisotopic (exact) mass is 478 g/mol. The number of nitrogens with zero attached hydrogens (tertiary/aromatic N) is 2. The third-order valence-electron chi connectivity index (χ3n) is 5.31. The number of likely N-dealkylation sites (N-methyl/N-ethyl adjacent to an activating group) is 1. The van der Waals surface area contributed by atoms with E-state index in [-0.39, 0.29) is 28.8 Å². The van der Waals surface area contributed by atoms with Gasteiger partial charge in [0.25, 0.3) is 11.8 Å². The number of anilines is 1. The molecule has 2 N–H and O–H groups in total. The third kappa shape index (κ3) is 5.67. The maximum absolute atomic E-state index is 14.4. The molecule has 1 aliphatic rings. The van der Waals surface area contributed by atoms with Gasteiger partial charge in [0, 0.05) is 38.3 Å². The normalized spacial score (nSPS) is 14.7. The molecule has 1 aliphatic heterocycles. The molecule has 1 saturated heterocycles. The molecule has 11 heteroatoms. The molecule has 0 atom stereocenters. The molecule has 0 saturated carbocycles. The standard InChI is InChI=1S/C22H27FN4O5S/c1-4-24-33(30,31)16-6-7-18(23)17(14-16)21(28)25-19-13-15(5-8-20(19)32-3)22(29)27-11-9-26(2)10-12-27/h5-8,13-14,24H,4,9-12H2,1-3H3,(H,25,28). The lowest BCUT2D eigenvalue weighted by Crippen LogP contribution is -2.47. The molecule has 2 amide bonds. The minimum atomic E-state index is -3.88. The van der Waals surface area contributed by atoms with Crippen molar-refractivity contribution < 1.29 is 27.1 Å². The number of ether oxygens (including phenoxy) is 1. The fourth-order valence-electron chi connectivity index (χ4n) is 3.44. The number of hydrogen-bond donors (Lipinski definition) is 2. The molecular weight excluding hydrogens is 451 g/mol. The molecule has 0 bridgehead atoms. The van der Waals surface area contributed by atoms with Crippen LogP contribution in [0.5, 0.6) is 5.75 Å². The molecule has 33 heavy (non-hydrogen) atoms. The highest BCUT2D eigenvalue weighted by Gasteiger charge is 2.23. The van der Waals surface area contributed by atoms with E-state index in [0.717, 1.165) is 31.3 Å². The van der Waals surface area contributed by atoms with Gasteiger partial charge >= 0.3 is 0 Å². The second kappa shape index (κ2) is 10.3. The average Bonchev–Trinajstić information content (AvgIpc) is 2.79. The molecule has 3 rings (SSSR count). The van der Waals surface area contributed by atoms with E-state index in [2.05, 4.69) is 14.9 Å². The minimum absolute atomic E-state index is 0.145.